The van der Waals surface area contributed by atoms with Gasteiger partial charge in [-0.3, -0.25) is 9.59 Å². The van der Waals surface area contributed by atoms with Gasteiger partial charge in [-0.1, -0.05) is 0 Å². The zero-order valence-corrected chi connectivity index (χ0v) is 4.63. The molecule has 0 saturated heterocycles. The van der Waals surface area contributed by atoms with Gasteiger partial charge in [-0.15, -0.1) is 5.98 Å². The highest BCUT2D eigenvalue weighted by Crippen LogP contribution is 2.25. The van der Waals surface area contributed by atoms with E-state index in [4.69, 9.17) is 15.7 Å². The van der Waals surface area contributed by atoms with E-state index < -0.39 is 5.82 Å². The Bertz CT molecular complexity index is 189. The molecule has 1 rings (SSSR count). The van der Waals surface area contributed by atoms with Crippen molar-refractivity contribution in [1.29, 1.82) is 0 Å². The smallest absolute Gasteiger partial charge is 0.167 e. The maximum atomic E-state index is 10.5. The predicted molar refractivity (Wildman–Crippen MR) is 33.4 cm³/mol. The molecule has 0 spiro atoms. The minimum absolute atomic E-state index is 0.0301. The summed E-state index contributed by atoms with van der Waals surface area (Å²) in [5.41, 5.74) is 0.0301. The predicted octanol–water partition coefficient (Wildman–Crippen LogP) is -0.852. The Kier molecular flexibility index (Phi) is 1.31. The van der Waals surface area contributed by atoms with Gasteiger partial charge in [0, 0.05) is 11.4 Å². The van der Waals surface area contributed by atoms with Crippen LogP contribution < -0.4 is 0 Å². The summed E-state index contributed by atoms with van der Waals surface area (Å²) in [5, 5.41) is 0. The minimum atomic E-state index is -0.945. The fraction of sp³-hybridized carbons (Fsp3) is 0.200. The fourth-order valence-electron chi connectivity index (χ4n) is 0.662. The van der Waals surface area contributed by atoms with Gasteiger partial charge in [0.15, 0.2) is 11.6 Å². The second-order valence-corrected chi connectivity index (χ2v) is 1.79. The molecule has 0 aromatic carbocycles. The summed E-state index contributed by atoms with van der Waals surface area (Å²) in [6.45, 7) is 0. The van der Waals surface area contributed by atoms with Crippen LogP contribution in [-0.2, 0) is 9.59 Å². The first kappa shape index (κ1) is 6.33. The monoisotopic (exact) mass is 116 g/mol. The van der Waals surface area contributed by atoms with E-state index in [-0.39, 0.29) is 17.1 Å². The van der Waals surface area contributed by atoms with Crippen LogP contribution in [0.4, 0.5) is 0 Å². The Balaban J connectivity index is 2.86. The van der Waals surface area contributed by atoms with Crippen molar-refractivity contribution in [3.8, 4) is 0 Å². The third kappa shape index (κ3) is 0.661. The van der Waals surface area contributed by atoms with E-state index in [0.29, 0.717) is 0 Å². The van der Waals surface area contributed by atoms with Crippen LogP contribution in [-0.4, -0.2) is 27.3 Å². The summed E-state index contributed by atoms with van der Waals surface area (Å²) in [5.74, 6) is -0.668. The lowest BCUT2D eigenvalue weighted by atomic mass is 9.64. The van der Waals surface area contributed by atoms with Crippen molar-refractivity contribution in [3.05, 3.63) is 11.5 Å². The summed E-state index contributed by atoms with van der Waals surface area (Å²) in [4.78, 5) is 21.0. The van der Waals surface area contributed by atoms with E-state index >= 15 is 0 Å². The number of carbonyl (C=O) groups is 2. The van der Waals surface area contributed by atoms with Crippen LogP contribution in [0.5, 0.6) is 0 Å². The maximum absolute atomic E-state index is 10.5. The van der Waals surface area contributed by atoms with Gasteiger partial charge in [-0.25, -0.2) is 0 Å². The molecule has 1 aliphatic carbocycles. The number of rotatable bonds is 0. The summed E-state index contributed by atoms with van der Waals surface area (Å²) >= 11 is 0. The van der Waals surface area contributed by atoms with Crippen LogP contribution in [0.1, 0.15) is 0 Å². The lowest BCUT2D eigenvalue weighted by Gasteiger charge is -2.21. The number of hydrogen-bond donors (Lipinski definition) is 0. The van der Waals surface area contributed by atoms with Crippen LogP contribution in [0.15, 0.2) is 11.5 Å². The van der Waals surface area contributed by atoms with Crippen molar-refractivity contribution in [1.82, 2.24) is 0 Å². The normalized spacial score (nSPS) is 25.8. The van der Waals surface area contributed by atoms with Gasteiger partial charge in [-0.05, 0) is 0 Å². The van der Waals surface area contributed by atoms with Crippen molar-refractivity contribution in [2.75, 3.05) is 0 Å². The molecule has 0 unspecified atom stereocenters. The average molecular weight is 116 g/mol. The van der Waals surface area contributed by atoms with E-state index in [2.05, 4.69) is 0 Å². The molecule has 0 N–H and O–H groups in total. The molecule has 4 radical (unpaired) electrons. The summed E-state index contributed by atoms with van der Waals surface area (Å²) in [6, 6.07) is 0. The number of hydrogen-bond acceptors (Lipinski definition) is 2. The number of carbonyl (C=O) groups excluding carboxylic acids is 2. The van der Waals surface area contributed by atoms with Crippen LogP contribution in [0, 0.1) is 0 Å². The summed E-state index contributed by atoms with van der Waals surface area (Å²) in [6.07, 6.45) is 0. The van der Waals surface area contributed by atoms with Crippen molar-refractivity contribution in [2.24, 2.45) is 0 Å². The molecular formula is C5H2B2O2. The van der Waals surface area contributed by atoms with Crippen molar-refractivity contribution < 1.29 is 9.59 Å². The lowest BCUT2D eigenvalue weighted by molar-refractivity contribution is -0.130. The van der Waals surface area contributed by atoms with Gasteiger partial charge >= 0.3 is 0 Å². The Labute approximate surface area is 55.1 Å². The highest BCUT2D eigenvalue weighted by atomic mass is 16.2. The second kappa shape index (κ2) is 1.86. The van der Waals surface area contributed by atoms with Gasteiger partial charge < -0.3 is 0 Å². The van der Waals surface area contributed by atoms with Crippen molar-refractivity contribution >= 4 is 27.3 Å². The van der Waals surface area contributed by atoms with Gasteiger partial charge in [0.25, 0.3) is 0 Å². The zero-order valence-electron chi connectivity index (χ0n) is 4.63. The molecule has 0 bridgehead atoms. The Morgan fingerprint density at radius 1 is 1.33 bits per heavy atom. The highest BCUT2D eigenvalue weighted by molar-refractivity contribution is 6.57. The van der Waals surface area contributed by atoms with Crippen LogP contribution in [0.3, 0.4) is 0 Å². The van der Waals surface area contributed by atoms with Crippen molar-refractivity contribution in [3.63, 3.8) is 0 Å². The quantitative estimate of drug-likeness (QED) is 0.178. The van der Waals surface area contributed by atoms with E-state index in [1.165, 1.54) is 0 Å². The van der Waals surface area contributed by atoms with Crippen LogP contribution >= 0.6 is 0 Å². The zero-order chi connectivity index (χ0) is 7.02. The molecule has 0 aromatic heterocycles. The van der Waals surface area contributed by atoms with Crippen molar-refractivity contribution in [2.45, 2.75) is 5.82 Å². The van der Waals surface area contributed by atoms with Gasteiger partial charge in [0.05, 0.1) is 7.85 Å². The molecule has 40 valence electrons. The molecule has 0 amide bonds. The third-order valence-electron chi connectivity index (χ3n) is 1.26. The number of Topliss-reactive ketones (excluding diaryl/α,β-unsaturated/α-hetero) is 2. The molecule has 4 heteroatoms. The molecule has 1 aliphatic rings. The SMILES string of the molecule is [B]C=C1C(=O)C([B])C1=O. The standard InChI is InChI=1S/C5H2B2O2/c6-1-2-4(8)3(7)5(2)9/h1,3H. The first-order chi connectivity index (χ1) is 4.18. The van der Waals surface area contributed by atoms with Crippen LogP contribution in [0.2, 0.25) is 5.82 Å². The summed E-state index contributed by atoms with van der Waals surface area (Å²) in [7, 11) is 9.95. The molecule has 0 heterocycles. The van der Waals surface area contributed by atoms with Crippen LogP contribution in [0.25, 0.3) is 0 Å². The Morgan fingerprint density at radius 3 is 2.00 bits per heavy atom. The molecule has 9 heavy (non-hydrogen) atoms. The fourth-order valence-corrected chi connectivity index (χ4v) is 0.662. The Hall–Kier alpha value is -0.790. The largest absolute Gasteiger partial charge is 0.294 e. The van der Waals surface area contributed by atoms with E-state index in [0.717, 1.165) is 5.98 Å². The lowest BCUT2D eigenvalue weighted by Crippen LogP contribution is -2.36. The molecular weight excluding hydrogens is 114 g/mol. The number of allylic oxidation sites excluding steroid dienone is 1. The first-order valence-corrected chi connectivity index (χ1v) is 2.44. The first-order valence-electron chi connectivity index (χ1n) is 2.44. The number of ketones is 2. The van der Waals surface area contributed by atoms with E-state index in [9.17, 15) is 9.59 Å². The molecule has 0 aliphatic heterocycles. The molecule has 1 fully saturated rings. The minimum Gasteiger partial charge on any atom is -0.294 e. The molecule has 0 atom stereocenters. The average Bonchev–Trinajstić information content (AvgIpc) is 1.89. The molecule has 0 aromatic rings. The topological polar surface area (TPSA) is 34.1 Å². The van der Waals surface area contributed by atoms with Gasteiger partial charge in [-0.2, -0.15) is 0 Å². The van der Waals surface area contributed by atoms with Gasteiger partial charge in [0.1, 0.15) is 7.85 Å². The van der Waals surface area contributed by atoms with Gasteiger partial charge in [0.2, 0.25) is 0 Å². The Morgan fingerprint density at radius 2 is 1.78 bits per heavy atom. The third-order valence-corrected chi connectivity index (χ3v) is 1.26. The summed E-state index contributed by atoms with van der Waals surface area (Å²) < 4.78 is 0. The maximum Gasteiger partial charge on any atom is 0.167 e. The van der Waals surface area contributed by atoms with E-state index in [1.807, 2.05) is 0 Å². The molecule has 1 saturated carbocycles. The van der Waals surface area contributed by atoms with E-state index in [1.54, 1.807) is 0 Å². The molecule has 2 nitrogen and oxygen atoms in total. The highest BCUT2D eigenvalue weighted by Gasteiger charge is 2.38. The second-order valence-electron chi connectivity index (χ2n) is 1.79.